The van der Waals surface area contributed by atoms with E-state index in [9.17, 15) is 0 Å². The Labute approximate surface area is 112 Å². The van der Waals surface area contributed by atoms with Crippen LogP contribution >= 0.6 is 0 Å². The van der Waals surface area contributed by atoms with E-state index in [1.165, 1.54) is 0 Å². The largest absolute Gasteiger partial charge is 0.487 e. The Bertz CT molecular complexity index is 692. The maximum Gasteiger partial charge on any atom is 0.146 e. The Hall–Kier alpha value is -2.35. The second-order valence-electron chi connectivity index (χ2n) is 4.48. The van der Waals surface area contributed by atoms with Crippen molar-refractivity contribution in [3.63, 3.8) is 0 Å². The molecule has 0 spiro atoms. The zero-order chi connectivity index (χ0) is 13.1. The highest BCUT2D eigenvalue weighted by molar-refractivity contribution is 5.84. The van der Waals surface area contributed by atoms with Gasteiger partial charge in [-0.15, -0.1) is 0 Å². The van der Waals surface area contributed by atoms with Gasteiger partial charge < -0.3 is 4.74 Å². The lowest BCUT2D eigenvalue weighted by atomic mass is 10.2. The Morgan fingerprint density at radius 1 is 1.05 bits per heavy atom. The van der Waals surface area contributed by atoms with E-state index in [1.807, 2.05) is 55.5 Å². The molecule has 0 fully saturated rings. The lowest BCUT2D eigenvalue weighted by Crippen LogP contribution is -1.96. The van der Waals surface area contributed by atoms with Crippen LogP contribution in [0.25, 0.3) is 10.9 Å². The van der Waals surface area contributed by atoms with E-state index in [0.717, 1.165) is 27.9 Å². The highest BCUT2D eigenvalue weighted by Crippen LogP contribution is 2.24. The van der Waals surface area contributed by atoms with Crippen LogP contribution in [-0.2, 0) is 6.61 Å². The molecule has 0 aliphatic heterocycles. The summed E-state index contributed by atoms with van der Waals surface area (Å²) in [6.07, 6.45) is 0. The highest BCUT2D eigenvalue weighted by atomic mass is 16.5. The van der Waals surface area contributed by atoms with Gasteiger partial charge in [-0.1, -0.05) is 42.5 Å². The highest BCUT2D eigenvalue weighted by Gasteiger charge is 2.04. The molecule has 0 saturated carbocycles. The number of para-hydroxylation sites is 1. The second-order valence-corrected chi connectivity index (χ2v) is 4.48. The molecule has 0 bridgehead atoms. The normalized spacial score (nSPS) is 10.6. The molecule has 3 rings (SSSR count). The second kappa shape index (κ2) is 5.11. The van der Waals surface area contributed by atoms with Crippen LogP contribution in [0.3, 0.4) is 0 Å². The predicted octanol–water partition coefficient (Wildman–Crippen LogP) is 3.92. The van der Waals surface area contributed by atoms with Crippen molar-refractivity contribution in [2.75, 3.05) is 0 Å². The summed E-state index contributed by atoms with van der Waals surface area (Å²) in [4.78, 5) is 4.56. The Kier molecular flexibility index (Phi) is 3.15. The minimum Gasteiger partial charge on any atom is -0.487 e. The van der Waals surface area contributed by atoms with E-state index >= 15 is 0 Å². The van der Waals surface area contributed by atoms with Crippen molar-refractivity contribution in [2.24, 2.45) is 0 Å². The summed E-state index contributed by atoms with van der Waals surface area (Å²) in [5.41, 5.74) is 3.05. The Morgan fingerprint density at radius 3 is 2.74 bits per heavy atom. The number of pyridine rings is 1. The monoisotopic (exact) mass is 248 g/mol. The molecule has 0 amide bonds. The zero-order valence-corrected chi connectivity index (χ0v) is 10.8. The first-order valence-electron chi connectivity index (χ1n) is 6.27. The van der Waals surface area contributed by atoms with E-state index in [4.69, 9.17) is 4.74 Å². The Morgan fingerprint density at radius 2 is 1.89 bits per heavy atom. The molecule has 2 heteroatoms. The summed E-state index contributed by atoms with van der Waals surface area (Å²) < 4.78 is 5.88. The fraction of sp³-hybridized carbons (Fsp3) is 0.118. The summed E-state index contributed by atoms with van der Waals surface area (Å²) in [5.74, 6) is 0.828. The molecule has 19 heavy (non-hydrogen) atoms. The molecule has 0 saturated heterocycles. The minimum atomic E-state index is 0.545. The summed E-state index contributed by atoms with van der Waals surface area (Å²) in [6.45, 7) is 2.53. The molecule has 0 N–H and O–H groups in total. The summed E-state index contributed by atoms with van der Waals surface area (Å²) >= 11 is 0. The van der Waals surface area contributed by atoms with E-state index in [-0.39, 0.29) is 0 Å². The van der Waals surface area contributed by atoms with E-state index in [0.29, 0.717) is 6.61 Å². The summed E-state index contributed by atoms with van der Waals surface area (Å²) in [5, 5.41) is 1.10. The summed E-state index contributed by atoms with van der Waals surface area (Å²) in [7, 11) is 0. The number of ether oxygens (including phenoxy) is 1. The average Bonchev–Trinajstić information content (AvgIpc) is 2.46. The van der Waals surface area contributed by atoms with Crippen LogP contribution in [-0.4, -0.2) is 4.98 Å². The molecule has 1 radical (unpaired) electrons. The van der Waals surface area contributed by atoms with Crippen molar-refractivity contribution in [3.8, 4) is 5.75 Å². The van der Waals surface area contributed by atoms with E-state index in [2.05, 4.69) is 17.1 Å². The van der Waals surface area contributed by atoms with Crippen LogP contribution in [0.4, 0.5) is 0 Å². The van der Waals surface area contributed by atoms with Crippen molar-refractivity contribution >= 4 is 10.9 Å². The number of nitrogens with zero attached hydrogens (tertiary/aromatic N) is 1. The van der Waals surface area contributed by atoms with Gasteiger partial charge >= 0.3 is 0 Å². The van der Waals surface area contributed by atoms with Crippen molar-refractivity contribution in [1.29, 1.82) is 0 Å². The molecule has 2 aromatic carbocycles. The minimum absolute atomic E-state index is 0.545. The third-order valence-electron chi connectivity index (χ3n) is 3.00. The lowest BCUT2D eigenvalue weighted by Gasteiger charge is -2.09. The topological polar surface area (TPSA) is 22.1 Å². The number of fused-ring (bicyclic) bond motifs is 1. The molecule has 1 heterocycles. The van der Waals surface area contributed by atoms with Gasteiger partial charge in [0.25, 0.3) is 0 Å². The van der Waals surface area contributed by atoms with Crippen molar-refractivity contribution in [2.45, 2.75) is 13.5 Å². The molecule has 0 unspecified atom stereocenters. The lowest BCUT2D eigenvalue weighted by molar-refractivity contribution is 0.309. The standard InChI is InChI=1S/C17H14NO/c1-13-10-11-15-8-5-9-16(17(15)18-13)19-12-14-6-3-2-4-7-14/h3-11H,12H2,1H3. The molecule has 1 aromatic heterocycles. The summed E-state index contributed by atoms with van der Waals surface area (Å²) in [6, 6.07) is 20.9. The zero-order valence-electron chi connectivity index (χ0n) is 10.8. The predicted molar refractivity (Wildman–Crippen MR) is 76.1 cm³/mol. The Balaban J connectivity index is 1.90. The molecular weight excluding hydrogens is 234 g/mol. The molecule has 0 aliphatic carbocycles. The van der Waals surface area contributed by atoms with Gasteiger partial charge in [0.1, 0.15) is 17.9 Å². The van der Waals surface area contributed by atoms with Crippen LogP contribution in [0.15, 0.2) is 54.6 Å². The molecule has 93 valence electrons. The average molecular weight is 248 g/mol. The van der Waals surface area contributed by atoms with Gasteiger partial charge in [-0.2, -0.15) is 0 Å². The van der Waals surface area contributed by atoms with Crippen molar-refractivity contribution in [3.05, 3.63) is 71.9 Å². The van der Waals surface area contributed by atoms with Gasteiger partial charge in [-0.05, 0) is 30.7 Å². The number of hydrogen-bond acceptors (Lipinski definition) is 2. The fourth-order valence-corrected chi connectivity index (χ4v) is 2.01. The number of rotatable bonds is 3. The van der Waals surface area contributed by atoms with Crippen LogP contribution in [0, 0.1) is 13.0 Å². The molecular formula is C17H14NO. The van der Waals surface area contributed by atoms with E-state index < -0.39 is 0 Å². The SMILES string of the molecule is Cc1ccc2cccc(OCc3cc[c]cc3)c2n1. The van der Waals surface area contributed by atoms with Gasteiger partial charge in [0, 0.05) is 11.1 Å². The first-order chi connectivity index (χ1) is 9.33. The molecule has 0 aliphatic rings. The number of aryl methyl sites for hydroxylation is 1. The third kappa shape index (κ3) is 2.58. The van der Waals surface area contributed by atoms with Crippen LogP contribution in [0.2, 0.25) is 0 Å². The van der Waals surface area contributed by atoms with Gasteiger partial charge in [0.15, 0.2) is 0 Å². The number of hydrogen-bond donors (Lipinski definition) is 0. The third-order valence-corrected chi connectivity index (χ3v) is 3.00. The first kappa shape index (κ1) is 11.7. The van der Waals surface area contributed by atoms with Crippen LogP contribution in [0.1, 0.15) is 11.3 Å². The van der Waals surface area contributed by atoms with Gasteiger partial charge in [0.2, 0.25) is 0 Å². The van der Waals surface area contributed by atoms with Crippen LogP contribution < -0.4 is 4.74 Å². The fourth-order valence-electron chi connectivity index (χ4n) is 2.01. The van der Waals surface area contributed by atoms with E-state index in [1.54, 1.807) is 0 Å². The van der Waals surface area contributed by atoms with Gasteiger partial charge in [-0.3, -0.25) is 0 Å². The quantitative estimate of drug-likeness (QED) is 0.700. The maximum absolute atomic E-state index is 5.88. The first-order valence-corrected chi connectivity index (χ1v) is 6.27. The van der Waals surface area contributed by atoms with Gasteiger partial charge in [-0.25, -0.2) is 4.98 Å². The van der Waals surface area contributed by atoms with Crippen molar-refractivity contribution in [1.82, 2.24) is 4.98 Å². The number of aromatic nitrogens is 1. The number of benzene rings is 2. The smallest absolute Gasteiger partial charge is 0.146 e. The molecule has 2 nitrogen and oxygen atoms in total. The van der Waals surface area contributed by atoms with Crippen LogP contribution in [0.5, 0.6) is 5.75 Å². The van der Waals surface area contributed by atoms with Crippen molar-refractivity contribution < 1.29 is 4.74 Å². The maximum atomic E-state index is 5.88. The molecule has 3 aromatic rings. The molecule has 0 atom stereocenters. The van der Waals surface area contributed by atoms with Gasteiger partial charge in [0.05, 0.1) is 0 Å².